The van der Waals surface area contributed by atoms with E-state index in [-0.39, 0.29) is 29.9 Å². The molecule has 0 unspecified atom stereocenters. The van der Waals surface area contributed by atoms with Crippen molar-refractivity contribution < 1.29 is 9.53 Å². The zero-order valence-electron chi connectivity index (χ0n) is 16.6. The van der Waals surface area contributed by atoms with E-state index < -0.39 is 0 Å². The molecule has 1 aromatic rings. The maximum Gasteiger partial charge on any atom is 0.251 e. The van der Waals surface area contributed by atoms with Crippen molar-refractivity contribution in [1.29, 1.82) is 0 Å². The zero-order chi connectivity index (χ0) is 18.8. The standard InChI is InChI=1S/C20H32N4O2.HI/c1-4-22-18(25)17-8-6-16(7-9-17)14-23-19(21-2)24-15-20(10-5-11-20)12-13-26-3;/h6-9H,4-5,10-15H2,1-3H3,(H,22,25)(H2,21,23,24);1H. The molecule has 6 nitrogen and oxygen atoms in total. The Kier molecular flexibility index (Phi) is 10.7. The fourth-order valence-corrected chi connectivity index (χ4v) is 3.22. The Balaban J connectivity index is 0.00000364. The van der Waals surface area contributed by atoms with Gasteiger partial charge < -0.3 is 20.7 Å². The number of nitrogens with one attached hydrogen (secondary N) is 3. The van der Waals surface area contributed by atoms with Crippen LogP contribution in [0, 0.1) is 5.41 Å². The highest BCUT2D eigenvalue weighted by Gasteiger charge is 2.36. The third kappa shape index (κ3) is 7.29. The van der Waals surface area contributed by atoms with Gasteiger partial charge in [0.1, 0.15) is 0 Å². The van der Waals surface area contributed by atoms with E-state index in [1.54, 1.807) is 14.2 Å². The lowest BCUT2D eigenvalue weighted by Crippen LogP contribution is -2.46. The maximum absolute atomic E-state index is 11.8. The highest BCUT2D eigenvalue weighted by Crippen LogP contribution is 2.43. The van der Waals surface area contributed by atoms with Gasteiger partial charge in [-0.05, 0) is 49.3 Å². The van der Waals surface area contributed by atoms with Crippen LogP contribution in [-0.4, -0.2) is 45.7 Å². The number of benzene rings is 1. The van der Waals surface area contributed by atoms with Gasteiger partial charge in [-0.15, -0.1) is 24.0 Å². The van der Waals surface area contributed by atoms with Gasteiger partial charge in [0.2, 0.25) is 0 Å². The fraction of sp³-hybridized carbons (Fsp3) is 0.600. The van der Waals surface area contributed by atoms with E-state index in [0.717, 1.165) is 31.1 Å². The summed E-state index contributed by atoms with van der Waals surface area (Å²) in [6.45, 7) is 4.95. The Bertz CT molecular complexity index is 601. The second-order valence-corrected chi connectivity index (χ2v) is 6.93. The van der Waals surface area contributed by atoms with E-state index in [4.69, 9.17) is 4.74 Å². The lowest BCUT2D eigenvalue weighted by Gasteiger charge is -2.42. The lowest BCUT2D eigenvalue weighted by atomic mass is 9.67. The number of guanidine groups is 1. The molecule has 0 heterocycles. The van der Waals surface area contributed by atoms with Crippen molar-refractivity contribution in [3.05, 3.63) is 35.4 Å². The van der Waals surface area contributed by atoms with E-state index in [0.29, 0.717) is 24.1 Å². The van der Waals surface area contributed by atoms with Crippen LogP contribution in [0.2, 0.25) is 0 Å². The molecule has 1 aliphatic carbocycles. The number of halogens is 1. The van der Waals surface area contributed by atoms with Gasteiger partial charge >= 0.3 is 0 Å². The molecule has 0 saturated heterocycles. The van der Waals surface area contributed by atoms with Crippen LogP contribution in [0.3, 0.4) is 0 Å². The highest BCUT2D eigenvalue weighted by atomic mass is 127. The summed E-state index contributed by atoms with van der Waals surface area (Å²) >= 11 is 0. The molecule has 3 N–H and O–H groups in total. The number of nitrogens with zero attached hydrogens (tertiary/aromatic N) is 1. The van der Waals surface area contributed by atoms with Gasteiger partial charge in [0.25, 0.3) is 5.91 Å². The third-order valence-electron chi connectivity index (χ3n) is 5.12. The van der Waals surface area contributed by atoms with Crippen molar-refractivity contribution in [2.24, 2.45) is 10.4 Å². The molecule has 1 saturated carbocycles. The minimum absolute atomic E-state index is 0. The van der Waals surface area contributed by atoms with E-state index in [1.807, 2.05) is 31.2 Å². The summed E-state index contributed by atoms with van der Waals surface area (Å²) in [6.07, 6.45) is 4.90. The Labute approximate surface area is 179 Å². The van der Waals surface area contributed by atoms with Gasteiger partial charge in [0.05, 0.1) is 0 Å². The Morgan fingerprint density at radius 2 is 1.89 bits per heavy atom. The molecule has 0 bridgehead atoms. The summed E-state index contributed by atoms with van der Waals surface area (Å²) in [5.41, 5.74) is 2.14. The number of carbonyl (C=O) groups is 1. The predicted octanol–water partition coefficient (Wildman–Crippen LogP) is 2.93. The number of carbonyl (C=O) groups excluding carboxylic acids is 1. The quantitative estimate of drug-likeness (QED) is 0.284. The van der Waals surface area contributed by atoms with Crippen LogP contribution in [0.15, 0.2) is 29.3 Å². The van der Waals surface area contributed by atoms with Crippen LogP contribution in [0.4, 0.5) is 0 Å². The number of hydrogen-bond acceptors (Lipinski definition) is 3. The van der Waals surface area contributed by atoms with Gasteiger partial charge in [0, 0.05) is 46.0 Å². The largest absolute Gasteiger partial charge is 0.385 e. The number of rotatable bonds is 9. The Morgan fingerprint density at radius 3 is 2.41 bits per heavy atom. The topological polar surface area (TPSA) is 74.8 Å². The van der Waals surface area contributed by atoms with Crippen LogP contribution in [0.1, 0.15) is 48.5 Å². The molecule has 1 aliphatic rings. The smallest absolute Gasteiger partial charge is 0.251 e. The SMILES string of the molecule is CCNC(=O)c1ccc(CNC(=NC)NCC2(CCOC)CCC2)cc1.I. The number of ether oxygens (including phenoxy) is 1. The predicted molar refractivity (Wildman–Crippen MR) is 121 cm³/mol. The first-order valence-corrected chi connectivity index (χ1v) is 9.43. The van der Waals surface area contributed by atoms with Crippen molar-refractivity contribution in [1.82, 2.24) is 16.0 Å². The van der Waals surface area contributed by atoms with E-state index >= 15 is 0 Å². The fourth-order valence-electron chi connectivity index (χ4n) is 3.22. The second kappa shape index (κ2) is 12.2. The number of hydrogen-bond donors (Lipinski definition) is 3. The molecular formula is C20H33IN4O2. The van der Waals surface area contributed by atoms with Crippen LogP contribution in [0.25, 0.3) is 0 Å². The van der Waals surface area contributed by atoms with E-state index in [2.05, 4.69) is 20.9 Å². The van der Waals surface area contributed by atoms with Crippen molar-refractivity contribution in [2.45, 2.75) is 39.2 Å². The first-order chi connectivity index (χ1) is 12.6. The Hall–Kier alpha value is -1.35. The molecule has 1 fully saturated rings. The lowest BCUT2D eigenvalue weighted by molar-refractivity contribution is 0.0732. The van der Waals surface area contributed by atoms with Crippen molar-refractivity contribution in [2.75, 3.05) is 33.9 Å². The molecule has 0 atom stereocenters. The van der Waals surface area contributed by atoms with Crippen LogP contribution in [0.5, 0.6) is 0 Å². The van der Waals surface area contributed by atoms with Gasteiger partial charge in [-0.3, -0.25) is 9.79 Å². The van der Waals surface area contributed by atoms with Crippen LogP contribution in [-0.2, 0) is 11.3 Å². The third-order valence-corrected chi connectivity index (χ3v) is 5.12. The van der Waals surface area contributed by atoms with Gasteiger partial charge in [-0.25, -0.2) is 0 Å². The minimum Gasteiger partial charge on any atom is -0.385 e. The number of amides is 1. The van der Waals surface area contributed by atoms with Crippen molar-refractivity contribution >= 4 is 35.8 Å². The summed E-state index contributed by atoms with van der Waals surface area (Å²) in [5.74, 6) is 0.771. The number of methoxy groups -OCH3 is 1. The molecule has 1 amide bonds. The molecule has 0 aliphatic heterocycles. The second-order valence-electron chi connectivity index (χ2n) is 6.93. The number of aliphatic imine (C=N–C) groups is 1. The highest BCUT2D eigenvalue weighted by molar-refractivity contribution is 14.0. The average Bonchev–Trinajstić information content (AvgIpc) is 2.63. The van der Waals surface area contributed by atoms with E-state index in [1.165, 1.54) is 19.3 Å². The molecule has 1 aromatic carbocycles. The molecule has 152 valence electrons. The summed E-state index contributed by atoms with van der Waals surface area (Å²) in [5, 5.41) is 9.60. The molecule has 27 heavy (non-hydrogen) atoms. The summed E-state index contributed by atoms with van der Waals surface area (Å²) < 4.78 is 5.25. The monoisotopic (exact) mass is 488 g/mol. The maximum atomic E-state index is 11.8. The van der Waals surface area contributed by atoms with Crippen molar-refractivity contribution in [3.8, 4) is 0 Å². The molecule has 7 heteroatoms. The van der Waals surface area contributed by atoms with Crippen LogP contribution < -0.4 is 16.0 Å². The normalized spacial score (nSPS) is 15.3. The molecule has 2 rings (SSSR count). The van der Waals surface area contributed by atoms with Gasteiger partial charge in [-0.1, -0.05) is 18.6 Å². The molecule has 0 spiro atoms. The zero-order valence-corrected chi connectivity index (χ0v) is 19.0. The average molecular weight is 488 g/mol. The molecular weight excluding hydrogens is 455 g/mol. The van der Waals surface area contributed by atoms with E-state index in [9.17, 15) is 4.79 Å². The first kappa shape index (κ1) is 23.7. The van der Waals surface area contributed by atoms with Gasteiger partial charge in [0.15, 0.2) is 5.96 Å². The summed E-state index contributed by atoms with van der Waals surface area (Å²) in [6, 6.07) is 7.65. The summed E-state index contributed by atoms with van der Waals surface area (Å²) in [4.78, 5) is 16.1. The molecule has 0 radical (unpaired) electrons. The molecule has 0 aromatic heterocycles. The van der Waals surface area contributed by atoms with Gasteiger partial charge in [-0.2, -0.15) is 0 Å². The van der Waals surface area contributed by atoms with Crippen molar-refractivity contribution in [3.63, 3.8) is 0 Å². The van der Waals surface area contributed by atoms with Crippen LogP contribution >= 0.6 is 24.0 Å². The Morgan fingerprint density at radius 1 is 1.19 bits per heavy atom. The first-order valence-electron chi connectivity index (χ1n) is 9.43. The minimum atomic E-state index is -0.0358. The summed E-state index contributed by atoms with van der Waals surface area (Å²) in [7, 11) is 3.55.